The quantitative estimate of drug-likeness (QED) is 0.622. The van der Waals surface area contributed by atoms with Crippen molar-refractivity contribution in [3.8, 4) is 0 Å². The molecule has 1 heterocycles. The molecule has 0 spiro atoms. The number of hydrogen-bond acceptors (Lipinski definition) is 2. The van der Waals surface area contributed by atoms with Crippen molar-refractivity contribution in [3.05, 3.63) is 47.2 Å². The minimum absolute atomic E-state index is 0.240. The lowest BCUT2D eigenvalue weighted by Gasteiger charge is -2.21. The third kappa shape index (κ3) is 1.56. The average Bonchev–Trinajstić information content (AvgIpc) is 2.28. The van der Waals surface area contributed by atoms with Crippen molar-refractivity contribution in [2.24, 2.45) is 0 Å². The smallest absolute Gasteiger partial charge is 0.147 e. The first kappa shape index (κ1) is 10.00. The van der Waals surface area contributed by atoms with Gasteiger partial charge in [-0.2, -0.15) is 0 Å². The molecule has 0 aliphatic carbocycles. The van der Waals surface area contributed by atoms with E-state index >= 15 is 0 Å². The molecule has 1 nitrogen and oxygen atoms in total. The fourth-order valence-corrected chi connectivity index (χ4v) is 2.81. The molecule has 0 bridgehead atoms. The minimum Gasteiger partial charge on any atom is -0.351 e. The highest BCUT2D eigenvalue weighted by atomic mass is 35.5. The van der Waals surface area contributed by atoms with E-state index in [4.69, 9.17) is 11.6 Å². The Morgan fingerprint density at radius 3 is 2.88 bits per heavy atom. The fraction of sp³-hybridized carbons (Fsp3) is 0. The summed E-state index contributed by atoms with van der Waals surface area (Å²) in [5, 5.41) is 3.71. The van der Waals surface area contributed by atoms with Crippen molar-refractivity contribution in [1.82, 2.24) is 0 Å². The molecule has 1 aliphatic rings. The van der Waals surface area contributed by atoms with Crippen molar-refractivity contribution >= 4 is 34.7 Å². The highest BCUT2D eigenvalue weighted by Crippen LogP contribution is 2.45. The van der Waals surface area contributed by atoms with Gasteiger partial charge in [-0.25, -0.2) is 4.39 Å². The Labute approximate surface area is 102 Å². The summed E-state index contributed by atoms with van der Waals surface area (Å²) in [5.74, 6) is -0.240. The van der Waals surface area contributed by atoms with E-state index in [1.807, 2.05) is 18.2 Å². The lowest BCUT2D eigenvalue weighted by Crippen LogP contribution is -2.01. The van der Waals surface area contributed by atoms with Gasteiger partial charge in [0.15, 0.2) is 0 Å². The van der Waals surface area contributed by atoms with Gasteiger partial charge in [-0.1, -0.05) is 29.4 Å². The van der Waals surface area contributed by atoms with E-state index in [2.05, 4.69) is 5.32 Å². The number of halogens is 2. The number of nitrogens with one attached hydrogen (secondary N) is 1. The minimum atomic E-state index is -0.240. The van der Waals surface area contributed by atoms with Crippen LogP contribution in [-0.2, 0) is 0 Å². The number of benzene rings is 2. The Morgan fingerprint density at radius 2 is 2.00 bits per heavy atom. The monoisotopic (exact) mass is 251 g/mol. The first-order valence-corrected chi connectivity index (χ1v) is 5.96. The highest BCUT2D eigenvalue weighted by Gasteiger charge is 2.18. The van der Waals surface area contributed by atoms with Crippen LogP contribution in [0.5, 0.6) is 0 Å². The van der Waals surface area contributed by atoms with E-state index in [1.54, 1.807) is 23.9 Å². The first-order chi connectivity index (χ1) is 7.74. The fourth-order valence-electron chi connectivity index (χ4n) is 1.65. The van der Waals surface area contributed by atoms with Gasteiger partial charge in [-0.3, -0.25) is 0 Å². The van der Waals surface area contributed by atoms with Crippen molar-refractivity contribution in [2.75, 3.05) is 5.32 Å². The summed E-state index contributed by atoms with van der Waals surface area (Å²) in [4.78, 5) is 1.96. The molecule has 0 fully saturated rings. The molecule has 2 aromatic rings. The van der Waals surface area contributed by atoms with Gasteiger partial charge in [-0.15, -0.1) is 0 Å². The van der Waals surface area contributed by atoms with Crippen LogP contribution < -0.4 is 5.32 Å². The maximum atomic E-state index is 13.6. The zero-order chi connectivity index (χ0) is 11.1. The van der Waals surface area contributed by atoms with Gasteiger partial charge in [0.2, 0.25) is 0 Å². The van der Waals surface area contributed by atoms with Crippen molar-refractivity contribution < 1.29 is 4.39 Å². The molecule has 0 radical (unpaired) electrons. The second-order valence-corrected chi connectivity index (χ2v) is 5.00. The summed E-state index contributed by atoms with van der Waals surface area (Å²) >= 11 is 7.44. The Hall–Kier alpha value is -1.19. The third-order valence-electron chi connectivity index (χ3n) is 2.40. The van der Waals surface area contributed by atoms with Crippen LogP contribution in [0, 0.1) is 5.82 Å². The summed E-state index contributed by atoms with van der Waals surface area (Å²) in [7, 11) is 0. The number of para-hydroxylation sites is 1. The van der Waals surface area contributed by atoms with Crippen LogP contribution in [0.2, 0.25) is 5.02 Å². The van der Waals surface area contributed by atoms with Gasteiger partial charge in [-0.05, 0) is 30.3 Å². The summed E-state index contributed by atoms with van der Waals surface area (Å²) in [6.45, 7) is 0. The Kier molecular flexibility index (Phi) is 2.30. The maximum absolute atomic E-state index is 13.6. The summed E-state index contributed by atoms with van der Waals surface area (Å²) in [6.07, 6.45) is 0. The lowest BCUT2D eigenvalue weighted by molar-refractivity contribution is 0.628. The van der Waals surface area contributed by atoms with Gasteiger partial charge in [0.25, 0.3) is 0 Å². The molecular weight excluding hydrogens is 245 g/mol. The number of anilines is 2. The normalized spacial score (nSPS) is 12.6. The number of fused-ring (bicyclic) bond motifs is 2. The molecule has 4 heteroatoms. The topological polar surface area (TPSA) is 12.0 Å². The van der Waals surface area contributed by atoms with Crippen molar-refractivity contribution in [1.29, 1.82) is 0 Å². The van der Waals surface area contributed by atoms with E-state index in [9.17, 15) is 4.39 Å². The van der Waals surface area contributed by atoms with Crippen LogP contribution in [0.4, 0.5) is 15.8 Å². The zero-order valence-corrected chi connectivity index (χ0v) is 9.70. The maximum Gasteiger partial charge on any atom is 0.147 e. The molecule has 16 heavy (non-hydrogen) atoms. The largest absolute Gasteiger partial charge is 0.351 e. The van der Waals surface area contributed by atoms with Gasteiger partial charge < -0.3 is 5.32 Å². The van der Waals surface area contributed by atoms with Crippen LogP contribution in [0.1, 0.15) is 0 Å². The number of hydrogen-bond donors (Lipinski definition) is 1. The van der Waals surface area contributed by atoms with Crippen LogP contribution in [-0.4, -0.2) is 0 Å². The SMILES string of the molecule is Fc1cccc2c1Nc1cc(Cl)ccc1S2. The summed E-state index contributed by atoms with van der Waals surface area (Å²) < 4.78 is 13.6. The molecule has 2 aromatic carbocycles. The predicted molar refractivity (Wildman–Crippen MR) is 65.3 cm³/mol. The zero-order valence-electron chi connectivity index (χ0n) is 8.13. The molecular formula is C12H7ClFNS. The van der Waals surface area contributed by atoms with Crippen molar-refractivity contribution in [2.45, 2.75) is 9.79 Å². The predicted octanol–water partition coefficient (Wildman–Crippen LogP) is 4.69. The standard InChI is InChI=1S/C12H7ClFNS/c13-7-4-5-10-9(6-7)15-12-8(14)2-1-3-11(12)16-10/h1-6,15H. The van der Waals surface area contributed by atoms with E-state index < -0.39 is 0 Å². The molecule has 0 atom stereocenters. The Bertz CT molecular complexity index is 571. The van der Waals surface area contributed by atoms with Crippen molar-refractivity contribution in [3.63, 3.8) is 0 Å². The van der Waals surface area contributed by atoms with Crippen LogP contribution >= 0.6 is 23.4 Å². The molecule has 80 valence electrons. The second-order valence-electron chi connectivity index (χ2n) is 3.48. The van der Waals surface area contributed by atoms with E-state index in [0.717, 1.165) is 15.5 Å². The average molecular weight is 252 g/mol. The molecule has 1 N–H and O–H groups in total. The van der Waals surface area contributed by atoms with Crippen LogP contribution in [0.3, 0.4) is 0 Å². The highest BCUT2D eigenvalue weighted by molar-refractivity contribution is 7.99. The first-order valence-electron chi connectivity index (χ1n) is 4.77. The van der Waals surface area contributed by atoms with Gasteiger partial charge >= 0.3 is 0 Å². The van der Waals surface area contributed by atoms with Crippen LogP contribution in [0.25, 0.3) is 0 Å². The molecule has 0 aromatic heterocycles. The Morgan fingerprint density at radius 1 is 1.12 bits per heavy atom. The molecule has 0 saturated carbocycles. The van der Waals surface area contributed by atoms with E-state index in [-0.39, 0.29) is 5.82 Å². The molecule has 0 amide bonds. The molecule has 3 rings (SSSR count). The van der Waals surface area contributed by atoms with E-state index in [0.29, 0.717) is 10.7 Å². The summed E-state index contributed by atoms with van der Waals surface area (Å²) in [5.41, 5.74) is 1.39. The van der Waals surface area contributed by atoms with Gasteiger partial charge in [0, 0.05) is 14.8 Å². The molecule has 0 saturated heterocycles. The summed E-state index contributed by atoms with van der Waals surface area (Å²) in [6, 6.07) is 10.6. The Balaban J connectivity index is 2.13. The molecule has 0 unspecified atom stereocenters. The number of rotatable bonds is 0. The molecule has 1 aliphatic heterocycles. The third-order valence-corrected chi connectivity index (χ3v) is 3.77. The van der Waals surface area contributed by atoms with Crippen LogP contribution in [0.15, 0.2) is 46.2 Å². The lowest BCUT2D eigenvalue weighted by atomic mass is 10.2. The van der Waals surface area contributed by atoms with Gasteiger partial charge in [0.1, 0.15) is 5.82 Å². The second kappa shape index (κ2) is 3.68. The van der Waals surface area contributed by atoms with E-state index in [1.165, 1.54) is 6.07 Å². The van der Waals surface area contributed by atoms with Gasteiger partial charge in [0.05, 0.1) is 11.4 Å².